The van der Waals surface area contributed by atoms with Crippen molar-refractivity contribution in [2.24, 2.45) is 0 Å². The second-order valence-electron chi connectivity index (χ2n) is 4.32. The maximum atomic E-state index is 12.1. The van der Waals surface area contributed by atoms with Crippen LogP contribution in [0.5, 0.6) is 0 Å². The summed E-state index contributed by atoms with van der Waals surface area (Å²) in [6, 6.07) is 6.94. The zero-order valence-electron chi connectivity index (χ0n) is 11.8. The Kier molecular flexibility index (Phi) is 6.48. The first-order chi connectivity index (χ1) is 9.08. The average molecular weight is 285 g/mol. The molecule has 0 aliphatic carbocycles. The van der Waals surface area contributed by atoms with Gasteiger partial charge in [-0.2, -0.15) is 0 Å². The summed E-state index contributed by atoms with van der Waals surface area (Å²) in [6.45, 7) is 7.13. The molecule has 1 aliphatic rings. The molecule has 5 heteroatoms. The molecule has 108 valence electrons. The van der Waals surface area contributed by atoms with Crippen LogP contribution < -0.4 is 4.72 Å². The molecule has 4 nitrogen and oxygen atoms in total. The third-order valence-electron chi connectivity index (χ3n) is 2.84. The summed E-state index contributed by atoms with van der Waals surface area (Å²) in [4.78, 5) is 0.337. The van der Waals surface area contributed by atoms with Crippen LogP contribution in [0.4, 0.5) is 0 Å². The van der Waals surface area contributed by atoms with Gasteiger partial charge in [-0.3, -0.25) is 0 Å². The van der Waals surface area contributed by atoms with Crippen LogP contribution >= 0.6 is 0 Å². The third kappa shape index (κ3) is 4.93. The topological polar surface area (TPSA) is 55.4 Å². The van der Waals surface area contributed by atoms with Crippen LogP contribution in [-0.4, -0.2) is 27.7 Å². The van der Waals surface area contributed by atoms with Crippen LogP contribution in [-0.2, 0) is 14.8 Å². The molecule has 1 fully saturated rings. The Morgan fingerprint density at radius 2 is 1.84 bits per heavy atom. The number of benzene rings is 1. The summed E-state index contributed by atoms with van der Waals surface area (Å²) in [5.41, 5.74) is 0.944. The van der Waals surface area contributed by atoms with E-state index in [1.165, 1.54) is 0 Å². The van der Waals surface area contributed by atoms with E-state index in [4.69, 9.17) is 4.74 Å². The fourth-order valence-corrected chi connectivity index (χ4v) is 3.29. The molecule has 1 saturated heterocycles. The Morgan fingerprint density at radius 1 is 1.21 bits per heavy atom. The quantitative estimate of drug-likeness (QED) is 0.928. The smallest absolute Gasteiger partial charge is 0.240 e. The first-order valence-corrected chi connectivity index (χ1v) is 8.23. The number of nitrogens with one attached hydrogen (secondary N) is 1. The van der Waals surface area contributed by atoms with Gasteiger partial charge in [0.25, 0.3) is 0 Å². The summed E-state index contributed by atoms with van der Waals surface area (Å²) in [6.07, 6.45) is 1.48. The van der Waals surface area contributed by atoms with E-state index >= 15 is 0 Å². The molecule has 0 radical (unpaired) electrons. The zero-order valence-corrected chi connectivity index (χ0v) is 12.7. The van der Waals surface area contributed by atoms with Crippen molar-refractivity contribution in [2.75, 3.05) is 13.2 Å². The van der Waals surface area contributed by atoms with Gasteiger partial charge in [-0.1, -0.05) is 26.0 Å². The lowest BCUT2D eigenvalue weighted by molar-refractivity contribution is 0.0832. The van der Waals surface area contributed by atoms with E-state index in [0.29, 0.717) is 18.1 Å². The molecule has 19 heavy (non-hydrogen) atoms. The minimum absolute atomic E-state index is 0.00531. The van der Waals surface area contributed by atoms with Gasteiger partial charge in [-0.05, 0) is 37.5 Å². The first-order valence-electron chi connectivity index (χ1n) is 6.75. The minimum Gasteiger partial charge on any atom is -0.381 e. The molecule has 0 amide bonds. The van der Waals surface area contributed by atoms with Crippen molar-refractivity contribution in [2.45, 2.75) is 44.6 Å². The summed E-state index contributed by atoms with van der Waals surface area (Å²) in [5.74, 6) is 0. The van der Waals surface area contributed by atoms with Crippen LogP contribution in [0.1, 0.15) is 32.3 Å². The molecule has 0 aromatic heterocycles. The van der Waals surface area contributed by atoms with Crippen molar-refractivity contribution in [1.29, 1.82) is 0 Å². The van der Waals surface area contributed by atoms with Crippen LogP contribution in [0.15, 0.2) is 29.2 Å². The molecular formula is C14H23NO3S. The van der Waals surface area contributed by atoms with Crippen molar-refractivity contribution in [3.8, 4) is 0 Å². The van der Waals surface area contributed by atoms with Crippen molar-refractivity contribution >= 4 is 10.0 Å². The van der Waals surface area contributed by atoms with Gasteiger partial charge in [-0.15, -0.1) is 0 Å². The number of hydrogen-bond donors (Lipinski definition) is 1. The number of hydrogen-bond acceptors (Lipinski definition) is 3. The normalized spacial score (nSPS) is 16.6. The van der Waals surface area contributed by atoms with Gasteiger partial charge in [0.2, 0.25) is 10.0 Å². The monoisotopic (exact) mass is 285 g/mol. The molecule has 0 unspecified atom stereocenters. The second-order valence-corrected chi connectivity index (χ2v) is 6.04. The largest absolute Gasteiger partial charge is 0.381 e. The fourth-order valence-electron chi connectivity index (χ4n) is 1.89. The van der Waals surface area contributed by atoms with Gasteiger partial charge < -0.3 is 4.74 Å². The Bertz CT molecular complexity index is 479. The Labute approximate surface area is 116 Å². The molecule has 1 N–H and O–H groups in total. The Balaban J connectivity index is 0.000000861. The number of sulfonamides is 1. The van der Waals surface area contributed by atoms with E-state index in [0.717, 1.165) is 18.4 Å². The van der Waals surface area contributed by atoms with E-state index in [-0.39, 0.29) is 6.04 Å². The van der Waals surface area contributed by atoms with E-state index in [1.54, 1.807) is 18.2 Å². The predicted molar refractivity (Wildman–Crippen MR) is 76.7 cm³/mol. The molecule has 1 aliphatic heterocycles. The zero-order chi connectivity index (χ0) is 14.3. The summed E-state index contributed by atoms with van der Waals surface area (Å²) >= 11 is 0. The fraction of sp³-hybridized carbons (Fsp3) is 0.571. The molecule has 0 saturated carbocycles. The van der Waals surface area contributed by atoms with Crippen LogP contribution in [0.2, 0.25) is 0 Å². The lowest BCUT2D eigenvalue weighted by atomic mass is 10.1. The van der Waals surface area contributed by atoms with Gasteiger partial charge in [-0.25, -0.2) is 13.1 Å². The van der Waals surface area contributed by atoms with Crippen molar-refractivity contribution in [3.63, 3.8) is 0 Å². The van der Waals surface area contributed by atoms with E-state index in [9.17, 15) is 8.42 Å². The van der Waals surface area contributed by atoms with E-state index in [1.807, 2.05) is 26.8 Å². The maximum Gasteiger partial charge on any atom is 0.240 e. The highest BCUT2D eigenvalue weighted by Crippen LogP contribution is 2.14. The van der Waals surface area contributed by atoms with Crippen molar-refractivity contribution in [1.82, 2.24) is 4.72 Å². The second kappa shape index (κ2) is 7.62. The van der Waals surface area contributed by atoms with Crippen molar-refractivity contribution < 1.29 is 13.2 Å². The highest BCUT2D eigenvalue weighted by molar-refractivity contribution is 7.89. The summed E-state index contributed by atoms with van der Waals surface area (Å²) < 4.78 is 32.1. The minimum atomic E-state index is -3.39. The highest BCUT2D eigenvalue weighted by Gasteiger charge is 2.21. The van der Waals surface area contributed by atoms with E-state index < -0.39 is 10.0 Å². The highest BCUT2D eigenvalue weighted by atomic mass is 32.2. The Morgan fingerprint density at radius 3 is 2.42 bits per heavy atom. The predicted octanol–water partition coefficient (Wildman–Crippen LogP) is 2.48. The molecule has 2 rings (SSSR count). The lowest BCUT2D eigenvalue weighted by Crippen LogP contribution is -2.38. The third-order valence-corrected chi connectivity index (χ3v) is 4.36. The van der Waals surface area contributed by atoms with E-state index in [2.05, 4.69) is 4.72 Å². The summed E-state index contributed by atoms with van der Waals surface area (Å²) in [5, 5.41) is 0. The van der Waals surface area contributed by atoms with Crippen LogP contribution in [0.25, 0.3) is 0 Å². The number of rotatable bonds is 3. The maximum absolute atomic E-state index is 12.1. The van der Waals surface area contributed by atoms with Crippen molar-refractivity contribution in [3.05, 3.63) is 29.8 Å². The van der Waals surface area contributed by atoms with Crippen LogP contribution in [0, 0.1) is 6.92 Å². The summed E-state index contributed by atoms with van der Waals surface area (Å²) in [7, 11) is -3.39. The molecule has 0 spiro atoms. The SMILES string of the molecule is CC.Cc1cccc(S(=O)(=O)NC2CCOCC2)c1. The standard InChI is InChI=1S/C12H17NO3S.C2H6/c1-10-3-2-4-12(9-10)17(14,15)13-11-5-7-16-8-6-11;1-2/h2-4,9,11,13H,5-8H2,1H3;1-2H3. The molecule has 1 heterocycles. The van der Waals surface area contributed by atoms with Gasteiger partial charge in [0.1, 0.15) is 0 Å². The molecular weight excluding hydrogens is 262 g/mol. The first kappa shape index (κ1) is 16.1. The lowest BCUT2D eigenvalue weighted by Gasteiger charge is -2.23. The molecule has 0 atom stereocenters. The van der Waals surface area contributed by atoms with Crippen LogP contribution in [0.3, 0.4) is 0 Å². The Hall–Kier alpha value is -0.910. The molecule has 0 bridgehead atoms. The van der Waals surface area contributed by atoms with Gasteiger partial charge >= 0.3 is 0 Å². The van der Waals surface area contributed by atoms with Gasteiger partial charge in [0.05, 0.1) is 4.90 Å². The number of ether oxygens (including phenoxy) is 1. The number of aryl methyl sites for hydroxylation is 1. The molecule has 1 aromatic carbocycles. The van der Waals surface area contributed by atoms with Gasteiger partial charge in [0.15, 0.2) is 0 Å². The van der Waals surface area contributed by atoms with Gasteiger partial charge in [0, 0.05) is 19.3 Å². The average Bonchev–Trinajstić information content (AvgIpc) is 2.42. The molecule has 1 aromatic rings.